The normalized spacial score (nSPS) is 17.8. The highest BCUT2D eigenvalue weighted by molar-refractivity contribution is 6.10. The molecule has 9 nitrogen and oxygen atoms in total. The van der Waals surface area contributed by atoms with E-state index in [1.807, 2.05) is 0 Å². The van der Waals surface area contributed by atoms with Gasteiger partial charge in [0.25, 0.3) is 5.91 Å². The number of methoxy groups -OCH3 is 1. The Morgan fingerprint density at radius 3 is 2.44 bits per heavy atom. The molecule has 39 heavy (non-hydrogen) atoms. The maximum Gasteiger partial charge on any atom is 0.359 e. The average Bonchev–Trinajstić information content (AvgIpc) is 3.59. The van der Waals surface area contributed by atoms with Crippen LogP contribution in [0.25, 0.3) is 5.69 Å². The highest BCUT2D eigenvalue weighted by atomic mass is 19.1. The molecule has 2 amide bonds. The van der Waals surface area contributed by atoms with E-state index in [-0.39, 0.29) is 36.1 Å². The van der Waals surface area contributed by atoms with E-state index < -0.39 is 23.1 Å². The van der Waals surface area contributed by atoms with Gasteiger partial charge in [-0.25, -0.2) is 13.9 Å². The minimum absolute atomic E-state index is 0.0288. The molecular weight excluding hydrogens is 503 g/mol. The number of hydrogen-bond donors (Lipinski definition) is 0. The van der Waals surface area contributed by atoms with Gasteiger partial charge >= 0.3 is 5.97 Å². The number of benzene rings is 2. The second kappa shape index (κ2) is 9.52. The molecule has 2 aliphatic heterocycles. The molecule has 0 unspecified atom stereocenters. The van der Waals surface area contributed by atoms with E-state index in [4.69, 9.17) is 9.47 Å². The van der Waals surface area contributed by atoms with Crippen LogP contribution in [0, 0.1) is 5.82 Å². The zero-order valence-electron chi connectivity index (χ0n) is 21.9. The molecule has 3 aliphatic rings. The smallest absolute Gasteiger partial charge is 0.359 e. The van der Waals surface area contributed by atoms with Gasteiger partial charge in [0.2, 0.25) is 5.91 Å². The van der Waals surface area contributed by atoms with Gasteiger partial charge in [-0.3, -0.25) is 9.59 Å². The third kappa shape index (κ3) is 4.14. The summed E-state index contributed by atoms with van der Waals surface area (Å²) in [7, 11) is 1.56. The van der Waals surface area contributed by atoms with Crippen LogP contribution in [0.4, 0.5) is 15.8 Å². The van der Waals surface area contributed by atoms with E-state index >= 15 is 4.39 Å². The number of nitrogens with zero attached hydrogens (tertiary/aromatic N) is 4. The van der Waals surface area contributed by atoms with E-state index in [0.717, 1.165) is 25.7 Å². The molecule has 0 bridgehead atoms. The van der Waals surface area contributed by atoms with Crippen molar-refractivity contribution in [3.05, 3.63) is 65.2 Å². The fourth-order valence-corrected chi connectivity index (χ4v) is 5.67. The number of halogens is 1. The zero-order valence-corrected chi connectivity index (χ0v) is 21.9. The monoisotopic (exact) mass is 532 g/mol. The summed E-state index contributed by atoms with van der Waals surface area (Å²) in [6.45, 7) is 2.66. The molecule has 202 valence electrons. The lowest BCUT2D eigenvalue weighted by Gasteiger charge is -2.34. The maximum atomic E-state index is 15.6. The molecule has 2 aromatic carbocycles. The number of rotatable bonds is 6. The van der Waals surface area contributed by atoms with Crippen molar-refractivity contribution in [2.75, 3.05) is 36.6 Å². The first kappa shape index (κ1) is 25.1. The third-order valence-corrected chi connectivity index (χ3v) is 7.82. The van der Waals surface area contributed by atoms with Gasteiger partial charge in [0.05, 0.1) is 25.1 Å². The summed E-state index contributed by atoms with van der Waals surface area (Å²) in [6.07, 6.45) is 3.60. The Kier molecular flexibility index (Phi) is 6.12. The Hall–Kier alpha value is -4.21. The molecule has 1 aromatic heterocycles. The number of ether oxygens (including phenoxy) is 2. The largest absolute Gasteiger partial charge is 0.497 e. The van der Waals surface area contributed by atoms with Gasteiger partial charge in [0.1, 0.15) is 17.3 Å². The Balaban J connectivity index is 1.45. The summed E-state index contributed by atoms with van der Waals surface area (Å²) in [6, 6.07) is 11.6. The van der Waals surface area contributed by atoms with Crippen molar-refractivity contribution in [1.29, 1.82) is 0 Å². The van der Waals surface area contributed by atoms with Crippen molar-refractivity contribution in [3.63, 3.8) is 0 Å². The predicted molar refractivity (Wildman–Crippen MR) is 141 cm³/mol. The van der Waals surface area contributed by atoms with E-state index in [9.17, 15) is 14.4 Å². The molecule has 0 atom stereocenters. The summed E-state index contributed by atoms with van der Waals surface area (Å²) >= 11 is 0. The van der Waals surface area contributed by atoms with Crippen LogP contribution in [0.5, 0.6) is 5.75 Å². The summed E-state index contributed by atoms with van der Waals surface area (Å²) in [5.41, 5.74) is 1.56. The second-order valence-electron chi connectivity index (χ2n) is 10.2. The number of esters is 1. The van der Waals surface area contributed by atoms with Gasteiger partial charge in [-0.2, -0.15) is 5.10 Å². The Labute approximate surface area is 225 Å². The number of carbonyl (C=O) groups is 3. The molecule has 2 fully saturated rings. The van der Waals surface area contributed by atoms with Gasteiger partial charge < -0.3 is 19.3 Å². The molecule has 1 saturated carbocycles. The van der Waals surface area contributed by atoms with E-state index in [0.29, 0.717) is 35.7 Å². The van der Waals surface area contributed by atoms with E-state index in [1.54, 1.807) is 55.3 Å². The molecule has 3 heterocycles. The van der Waals surface area contributed by atoms with Gasteiger partial charge in [0.15, 0.2) is 5.69 Å². The standard InChI is InChI=1S/C29H29FN4O5/c1-3-39-28(37)25-24-26(34(31-25)18-7-10-20(38-2)11-8-18)27(36)33(17-29(24)13-14-29)22-12-9-19(16-21(22)30)32-15-5-4-6-23(32)35/h7-12,16H,3-6,13-15,17H2,1-2H3. The fourth-order valence-electron chi connectivity index (χ4n) is 5.67. The lowest BCUT2D eigenvalue weighted by Crippen LogP contribution is -2.45. The first-order valence-corrected chi connectivity index (χ1v) is 13.2. The van der Waals surface area contributed by atoms with Gasteiger partial charge in [-0.1, -0.05) is 0 Å². The van der Waals surface area contributed by atoms with Crippen molar-refractivity contribution >= 4 is 29.2 Å². The average molecular weight is 533 g/mol. The number of anilines is 2. The van der Waals surface area contributed by atoms with Crippen LogP contribution >= 0.6 is 0 Å². The van der Waals surface area contributed by atoms with Crippen LogP contribution in [-0.4, -0.2) is 54.4 Å². The molecular formula is C29H29FN4O5. The van der Waals surface area contributed by atoms with Crippen LogP contribution in [-0.2, 0) is 14.9 Å². The van der Waals surface area contributed by atoms with Crippen LogP contribution in [0.1, 0.15) is 65.6 Å². The Morgan fingerprint density at radius 2 is 1.79 bits per heavy atom. The number of fused-ring (bicyclic) bond motifs is 2. The van der Waals surface area contributed by atoms with Crippen LogP contribution in [0.3, 0.4) is 0 Å². The lowest BCUT2D eigenvalue weighted by molar-refractivity contribution is -0.119. The Morgan fingerprint density at radius 1 is 1.05 bits per heavy atom. The minimum Gasteiger partial charge on any atom is -0.497 e. The molecule has 1 aliphatic carbocycles. The van der Waals surface area contributed by atoms with Crippen molar-refractivity contribution < 1.29 is 28.2 Å². The highest BCUT2D eigenvalue weighted by Gasteiger charge is 2.56. The van der Waals surface area contributed by atoms with Gasteiger partial charge in [-0.15, -0.1) is 0 Å². The number of hydrogen-bond acceptors (Lipinski definition) is 6. The Bertz CT molecular complexity index is 1480. The first-order chi connectivity index (χ1) is 18.9. The summed E-state index contributed by atoms with van der Waals surface area (Å²) in [5, 5.41) is 4.57. The first-order valence-electron chi connectivity index (χ1n) is 13.2. The van der Waals surface area contributed by atoms with Gasteiger partial charge in [-0.05, 0) is 75.1 Å². The number of piperidine rings is 1. The number of aromatic nitrogens is 2. The quantitative estimate of drug-likeness (QED) is 0.437. The molecule has 1 saturated heterocycles. The summed E-state index contributed by atoms with van der Waals surface area (Å²) in [5.74, 6) is -1.03. The van der Waals surface area contributed by atoms with E-state index in [2.05, 4.69) is 5.10 Å². The van der Waals surface area contributed by atoms with Crippen molar-refractivity contribution in [2.24, 2.45) is 0 Å². The summed E-state index contributed by atoms with van der Waals surface area (Å²) in [4.78, 5) is 42.5. The van der Waals surface area contributed by atoms with Crippen LogP contribution in [0.2, 0.25) is 0 Å². The van der Waals surface area contributed by atoms with Gasteiger partial charge in [0, 0.05) is 36.2 Å². The fraction of sp³-hybridized carbons (Fsp3) is 0.379. The molecule has 3 aromatic rings. The summed E-state index contributed by atoms with van der Waals surface area (Å²) < 4.78 is 27.6. The van der Waals surface area contributed by atoms with Crippen molar-refractivity contribution in [2.45, 2.75) is 44.4 Å². The molecule has 10 heteroatoms. The SMILES string of the molecule is CCOC(=O)c1nn(-c2ccc(OC)cc2)c2c1C1(CC1)CN(c1ccc(N3CCCCC3=O)cc1F)C2=O. The van der Waals surface area contributed by atoms with Crippen LogP contribution in [0.15, 0.2) is 42.5 Å². The maximum absolute atomic E-state index is 15.6. The van der Waals surface area contributed by atoms with Crippen molar-refractivity contribution in [1.82, 2.24) is 9.78 Å². The lowest BCUT2D eigenvalue weighted by atomic mass is 9.88. The molecule has 6 rings (SSSR count). The zero-order chi connectivity index (χ0) is 27.3. The predicted octanol–water partition coefficient (Wildman–Crippen LogP) is 4.41. The molecule has 1 spiro atoms. The number of amides is 2. The third-order valence-electron chi connectivity index (χ3n) is 7.82. The second-order valence-corrected chi connectivity index (χ2v) is 10.2. The topological polar surface area (TPSA) is 94.0 Å². The highest BCUT2D eigenvalue weighted by Crippen LogP contribution is 2.54. The minimum atomic E-state index is -0.588. The molecule has 0 N–H and O–H groups in total. The van der Waals surface area contributed by atoms with E-state index in [1.165, 1.54) is 15.6 Å². The molecule has 0 radical (unpaired) electrons. The number of carbonyl (C=O) groups excluding carboxylic acids is 3. The van der Waals surface area contributed by atoms with Crippen molar-refractivity contribution in [3.8, 4) is 11.4 Å². The van der Waals surface area contributed by atoms with Crippen LogP contribution < -0.4 is 14.5 Å².